The van der Waals surface area contributed by atoms with Gasteiger partial charge in [-0.15, -0.1) is 0 Å². The molecule has 0 aromatic carbocycles. The van der Waals surface area contributed by atoms with Gasteiger partial charge in [-0.25, -0.2) is 4.98 Å². The van der Waals surface area contributed by atoms with Gasteiger partial charge < -0.3 is 10.7 Å². The summed E-state index contributed by atoms with van der Waals surface area (Å²) in [4.78, 5) is 7.06. The van der Waals surface area contributed by atoms with E-state index < -0.39 is 0 Å². The van der Waals surface area contributed by atoms with E-state index in [1.165, 1.54) is 0 Å². The van der Waals surface area contributed by atoms with Gasteiger partial charge in [0.25, 0.3) is 0 Å². The highest BCUT2D eigenvalue weighted by Gasteiger charge is 1.96. The number of nitrogens with two attached hydrogens (primary N) is 1. The van der Waals surface area contributed by atoms with Crippen LogP contribution in [0, 0.1) is 0 Å². The Morgan fingerprint density at radius 1 is 1.40 bits per heavy atom. The van der Waals surface area contributed by atoms with Crippen LogP contribution < -0.4 is 16.4 Å². The second-order valence-corrected chi connectivity index (χ2v) is 2.41. The minimum Gasteiger partial charge on any atom is -0.369 e. The molecule has 0 spiro atoms. The summed E-state index contributed by atoms with van der Waals surface area (Å²) >= 11 is 0. The van der Waals surface area contributed by atoms with Gasteiger partial charge in [0.2, 0.25) is 0 Å². The maximum atomic E-state index is 5.45. The molecule has 52 valence electrons. The van der Waals surface area contributed by atoms with Crippen LogP contribution in [0.5, 0.6) is 0 Å². The van der Waals surface area contributed by atoms with Gasteiger partial charge >= 0.3 is 0 Å². The third-order valence-corrected chi connectivity index (χ3v) is 1.63. The normalized spacial score (nSPS) is 15.2. The maximum Gasteiger partial charge on any atom is 0.198 e. The number of nitrogens with one attached hydrogen (secondary N) is 1. The largest absolute Gasteiger partial charge is 0.369 e. The summed E-state index contributed by atoms with van der Waals surface area (Å²) in [6.45, 7) is 0. The van der Waals surface area contributed by atoms with Crippen molar-refractivity contribution in [1.29, 1.82) is 0 Å². The summed E-state index contributed by atoms with van der Waals surface area (Å²) in [5, 5.41) is 2.08. The zero-order chi connectivity index (χ0) is 6.97. The number of aromatic nitrogens is 2. The Morgan fingerprint density at radius 3 is 3.00 bits per heavy atom. The standard InChI is InChI=1S/C7H9N3/c8-7-9-5-3-1-2-4-6(5)10-7/h3-4H,1-2H2,(H3,8,9,10). The van der Waals surface area contributed by atoms with Crippen molar-refractivity contribution in [3.63, 3.8) is 0 Å². The summed E-state index contributed by atoms with van der Waals surface area (Å²) < 4.78 is 0. The number of aromatic amines is 1. The van der Waals surface area contributed by atoms with Crippen LogP contribution in [-0.4, -0.2) is 9.97 Å². The van der Waals surface area contributed by atoms with Crippen molar-refractivity contribution < 1.29 is 0 Å². The van der Waals surface area contributed by atoms with Gasteiger partial charge in [0.05, 0.1) is 10.7 Å². The molecule has 2 rings (SSSR count). The Labute approximate surface area is 58.3 Å². The van der Waals surface area contributed by atoms with Gasteiger partial charge in [-0.05, 0) is 12.8 Å². The average Bonchev–Trinajstić information content (AvgIpc) is 2.27. The van der Waals surface area contributed by atoms with Crippen LogP contribution in [0.3, 0.4) is 0 Å². The van der Waals surface area contributed by atoms with E-state index in [1.807, 2.05) is 0 Å². The average molecular weight is 135 g/mol. The molecule has 0 bridgehead atoms. The number of H-pyrrole nitrogens is 1. The third-order valence-electron chi connectivity index (χ3n) is 1.63. The minimum atomic E-state index is 0.513. The van der Waals surface area contributed by atoms with E-state index in [-0.39, 0.29) is 0 Å². The van der Waals surface area contributed by atoms with Crippen molar-refractivity contribution in [3.8, 4) is 0 Å². The molecule has 0 fully saturated rings. The van der Waals surface area contributed by atoms with E-state index in [9.17, 15) is 0 Å². The van der Waals surface area contributed by atoms with Crippen LogP contribution in [0.15, 0.2) is 0 Å². The lowest BCUT2D eigenvalue weighted by atomic mass is 10.2. The molecule has 0 aliphatic heterocycles. The fourth-order valence-electron chi connectivity index (χ4n) is 1.18. The van der Waals surface area contributed by atoms with E-state index in [4.69, 9.17) is 5.73 Å². The Kier molecular flexibility index (Phi) is 1.03. The fraction of sp³-hybridized carbons (Fsp3) is 0.286. The zero-order valence-corrected chi connectivity index (χ0v) is 5.59. The highest BCUT2D eigenvalue weighted by molar-refractivity contribution is 5.36. The number of rotatable bonds is 0. The Morgan fingerprint density at radius 2 is 2.20 bits per heavy atom. The molecule has 1 aromatic heterocycles. The lowest BCUT2D eigenvalue weighted by Crippen LogP contribution is -2.26. The molecule has 1 heterocycles. The predicted molar refractivity (Wildman–Crippen MR) is 40.4 cm³/mol. The molecule has 1 aliphatic rings. The Bertz CT molecular complexity index is 314. The van der Waals surface area contributed by atoms with Gasteiger partial charge in [-0.2, -0.15) is 0 Å². The number of nitrogens with zero attached hydrogens (tertiary/aromatic N) is 1. The summed E-state index contributed by atoms with van der Waals surface area (Å²) in [5.41, 5.74) is 5.45. The van der Waals surface area contributed by atoms with Gasteiger partial charge in [0.1, 0.15) is 0 Å². The lowest BCUT2D eigenvalue weighted by Gasteiger charge is -1.89. The molecular weight excluding hydrogens is 126 g/mol. The first-order valence-corrected chi connectivity index (χ1v) is 3.38. The zero-order valence-electron chi connectivity index (χ0n) is 5.59. The molecule has 0 amide bonds. The second-order valence-electron chi connectivity index (χ2n) is 2.41. The monoisotopic (exact) mass is 135 g/mol. The molecule has 0 unspecified atom stereocenters. The molecule has 0 atom stereocenters. The maximum absolute atomic E-state index is 5.45. The van der Waals surface area contributed by atoms with Crippen LogP contribution in [-0.2, 0) is 0 Å². The highest BCUT2D eigenvalue weighted by atomic mass is 15.0. The topological polar surface area (TPSA) is 54.7 Å². The molecule has 3 N–H and O–H groups in total. The van der Waals surface area contributed by atoms with Crippen LogP contribution in [0.2, 0.25) is 0 Å². The van der Waals surface area contributed by atoms with Gasteiger partial charge in [-0.1, -0.05) is 12.2 Å². The van der Waals surface area contributed by atoms with Crippen LogP contribution >= 0.6 is 0 Å². The molecule has 1 aliphatic carbocycles. The number of hydrogen-bond acceptors (Lipinski definition) is 2. The quantitative estimate of drug-likeness (QED) is 0.496. The summed E-state index contributed by atoms with van der Waals surface area (Å²) in [5.74, 6) is 0.513. The molecule has 3 nitrogen and oxygen atoms in total. The molecule has 1 aromatic rings. The van der Waals surface area contributed by atoms with Crippen molar-refractivity contribution in [2.24, 2.45) is 0 Å². The molecular formula is C7H9N3. The predicted octanol–water partition coefficient (Wildman–Crippen LogP) is -0.653. The molecule has 0 saturated heterocycles. The highest BCUT2D eigenvalue weighted by Crippen LogP contribution is 1.93. The number of nitrogen functional groups attached to an aromatic ring is 1. The second kappa shape index (κ2) is 1.87. The van der Waals surface area contributed by atoms with Crippen molar-refractivity contribution in [1.82, 2.24) is 9.97 Å². The van der Waals surface area contributed by atoms with E-state index in [0.717, 1.165) is 23.5 Å². The minimum absolute atomic E-state index is 0.513. The summed E-state index contributed by atoms with van der Waals surface area (Å²) in [6.07, 6.45) is 6.40. The van der Waals surface area contributed by atoms with E-state index in [1.54, 1.807) is 0 Å². The Balaban J connectivity index is 2.83. The first kappa shape index (κ1) is 5.53. The first-order valence-electron chi connectivity index (χ1n) is 3.38. The number of imidazole rings is 1. The molecule has 0 radical (unpaired) electrons. The van der Waals surface area contributed by atoms with Crippen molar-refractivity contribution in [2.45, 2.75) is 12.8 Å². The SMILES string of the molecule is Nc1nc2c([nH]1)=CCCC=2. The number of anilines is 1. The summed E-state index contributed by atoms with van der Waals surface area (Å²) in [6, 6.07) is 0. The lowest BCUT2D eigenvalue weighted by molar-refractivity contribution is 1.09. The summed E-state index contributed by atoms with van der Waals surface area (Å²) in [7, 11) is 0. The van der Waals surface area contributed by atoms with E-state index in [2.05, 4.69) is 22.1 Å². The van der Waals surface area contributed by atoms with E-state index >= 15 is 0 Å². The fourth-order valence-corrected chi connectivity index (χ4v) is 1.18. The van der Waals surface area contributed by atoms with Gasteiger partial charge in [0, 0.05) is 0 Å². The number of hydrogen-bond donors (Lipinski definition) is 2. The van der Waals surface area contributed by atoms with E-state index in [0.29, 0.717) is 5.95 Å². The van der Waals surface area contributed by atoms with Crippen LogP contribution in [0.25, 0.3) is 12.2 Å². The first-order chi connectivity index (χ1) is 4.86. The smallest absolute Gasteiger partial charge is 0.198 e. The van der Waals surface area contributed by atoms with Crippen LogP contribution in [0.1, 0.15) is 12.8 Å². The molecule has 0 saturated carbocycles. The van der Waals surface area contributed by atoms with Gasteiger partial charge in [0.15, 0.2) is 5.95 Å². The van der Waals surface area contributed by atoms with Crippen molar-refractivity contribution >= 4 is 18.1 Å². The Hall–Kier alpha value is -1.25. The molecule has 3 heteroatoms. The van der Waals surface area contributed by atoms with Crippen LogP contribution in [0.4, 0.5) is 5.95 Å². The van der Waals surface area contributed by atoms with Gasteiger partial charge in [-0.3, -0.25) is 0 Å². The van der Waals surface area contributed by atoms with Crippen molar-refractivity contribution in [2.75, 3.05) is 5.73 Å². The van der Waals surface area contributed by atoms with Crippen molar-refractivity contribution in [3.05, 3.63) is 10.7 Å². The third kappa shape index (κ3) is 0.708. The molecule has 10 heavy (non-hydrogen) atoms. The number of fused-ring (bicyclic) bond motifs is 1.